The van der Waals surface area contributed by atoms with Crippen LogP contribution < -0.4 is 10.1 Å². The molecule has 0 aliphatic rings. The van der Waals surface area contributed by atoms with Gasteiger partial charge in [-0.15, -0.1) is 0 Å². The molecule has 0 aliphatic heterocycles. The van der Waals surface area contributed by atoms with Crippen molar-refractivity contribution in [2.75, 3.05) is 12.4 Å². The number of nitrogens with one attached hydrogen (secondary N) is 1. The van der Waals surface area contributed by atoms with Gasteiger partial charge in [0.2, 0.25) is 0 Å². The van der Waals surface area contributed by atoms with E-state index in [0.29, 0.717) is 10.8 Å². The first-order valence-corrected chi connectivity index (χ1v) is 6.50. The molecule has 1 aromatic heterocycles. The van der Waals surface area contributed by atoms with Crippen LogP contribution in [0.5, 0.6) is 5.75 Å². The third-order valence-electron chi connectivity index (χ3n) is 2.46. The van der Waals surface area contributed by atoms with Crippen LogP contribution in [0.2, 0.25) is 5.02 Å². The summed E-state index contributed by atoms with van der Waals surface area (Å²) in [6, 6.07) is 7.52. The van der Waals surface area contributed by atoms with Gasteiger partial charge in [-0.1, -0.05) is 11.6 Å². The summed E-state index contributed by atoms with van der Waals surface area (Å²) >= 11 is 9.45. The fourth-order valence-electron chi connectivity index (χ4n) is 1.55. The van der Waals surface area contributed by atoms with Crippen LogP contribution in [-0.2, 0) is 0 Å². The van der Waals surface area contributed by atoms with Gasteiger partial charge >= 0.3 is 0 Å². The van der Waals surface area contributed by atoms with Gasteiger partial charge in [0.25, 0.3) is 0 Å². The van der Waals surface area contributed by atoms with E-state index in [1.165, 1.54) is 0 Å². The Morgan fingerprint density at radius 1 is 1.33 bits per heavy atom. The highest BCUT2D eigenvalue weighted by molar-refractivity contribution is 9.10. The van der Waals surface area contributed by atoms with Crippen molar-refractivity contribution >= 4 is 39.0 Å². The quantitative estimate of drug-likeness (QED) is 0.897. The fraction of sp³-hybridized carbons (Fsp3) is 0.154. The van der Waals surface area contributed by atoms with Crippen molar-refractivity contribution in [2.45, 2.75) is 6.92 Å². The van der Waals surface area contributed by atoms with Crippen LogP contribution in [0.15, 0.2) is 34.9 Å². The van der Waals surface area contributed by atoms with E-state index in [1.54, 1.807) is 13.3 Å². The zero-order valence-electron chi connectivity index (χ0n) is 10.00. The second kappa shape index (κ2) is 5.59. The zero-order valence-corrected chi connectivity index (χ0v) is 12.3. The van der Waals surface area contributed by atoms with Crippen molar-refractivity contribution in [1.29, 1.82) is 0 Å². The number of nitrogens with zero attached hydrogens (tertiary/aromatic N) is 1. The molecular weight excluding hydrogens is 316 g/mol. The minimum Gasteiger partial charge on any atom is -0.495 e. The van der Waals surface area contributed by atoms with Crippen molar-refractivity contribution in [3.63, 3.8) is 0 Å². The van der Waals surface area contributed by atoms with Crippen LogP contribution in [0.4, 0.5) is 11.5 Å². The largest absolute Gasteiger partial charge is 0.495 e. The molecule has 2 aromatic rings. The number of rotatable bonds is 3. The van der Waals surface area contributed by atoms with Crippen LogP contribution in [0.3, 0.4) is 0 Å². The number of pyridine rings is 1. The van der Waals surface area contributed by atoms with E-state index in [9.17, 15) is 0 Å². The summed E-state index contributed by atoms with van der Waals surface area (Å²) < 4.78 is 6.06. The molecule has 18 heavy (non-hydrogen) atoms. The van der Waals surface area contributed by atoms with E-state index in [2.05, 4.69) is 26.2 Å². The van der Waals surface area contributed by atoms with Gasteiger partial charge < -0.3 is 10.1 Å². The molecule has 3 nitrogen and oxygen atoms in total. The second-order valence-electron chi connectivity index (χ2n) is 3.79. The predicted molar refractivity (Wildman–Crippen MR) is 78.0 cm³/mol. The second-order valence-corrected chi connectivity index (χ2v) is 5.12. The Kier molecular flexibility index (Phi) is 4.09. The molecule has 94 valence electrons. The summed E-state index contributed by atoms with van der Waals surface area (Å²) in [4.78, 5) is 4.31. The smallest absolute Gasteiger partial charge is 0.137 e. The average Bonchev–Trinajstić information content (AvgIpc) is 2.33. The number of hydrogen-bond acceptors (Lipinski definition) is 3. The summed E-state index contributed by atoms with van der Waals surface area (Å²) in [5, 5.41) is 3.79. The fourth-order valence-corrected chi connectivity index (χ4v) is 2.26. The highest BCUT2D eigenvalue weighted by Crippen LogP contribution is 2.29. The number of ether oxygens (including phenoxy) is 1. The van der Waals surface area contributed by atoms with E-state index in [0.717, 1.165) is 21.5 Å². The van der Waals surface area contributed by atoms with Crippen LogP contribution in [0.25, 0.3) is 0 Å². The standard InChI is InChI=1S/C13H12BrClN2O/c1-8-5-9(14)7-16-13(8)17-10-3-4-12(18-2)11(15)6-10/h3-7H,1-2H3,(H,16,17). The summed E-state index contributed by atoms with van der Waals surface area (Å²) in [6.07, 6.45) is 1.75. The molecule has 5 heteroatoms. The molecule has 0 radical (unpaired) electrons. The number of hydrogen-bond donors (Lipinski definition) is 1. The third kappa shape index (κ3) is 2.94. The summed E-state index contributed by atoms with van der Waals surface area (Å²) in [5.74, 6) is 1.46. The Hall–Kier alpha value is -1.26. The molecule has 0 fully saturated rings. The minimum absolute atomic E-state index is 0.567. The maximum atomic E-state index is 6.07. The highest BCUT2D eigenvalue weighted by Gasteiger charge is 2.04. The van der Waals surface area contributed by atoms with Gasteiger partial charge in [-0.2, -0.15) is 0 Å². The average molecular weight is 328 g/mol. The lowest BCUT2D eigenvalue weighted by atomic mass is 10.2. The molecule has 2 rings (SSSR count). The van der Waals surface area contributed by atoms with Gasteiger partial charge in [0.1, 0.15) is 11.6 Å². The molecule has 0 spiro atoms. The highest BCUT2D eigenvalue weighted by atomic mass is 79.9. The lowest BCUT2D eigenvalue weighted by Gasteiger charge is -2.10. The molecule has 0 unspecified atom stereocenters. The molecule has 0 bridgehead atoms. The Morgan fingerprint density at radius 2 is 2.11 bits per heavy atom. The topological polar surface area (TPSA) is 34.1 Å². The number of halogens is 2. The van der Waals surface area contributed by atoms with E-state index < -0.39 is 0 Å². The van der Waals surface area contributed by atoms with Crippen molar-refractivity contribution in [3.8, 4) is 5.75 Å². The molecule has 1 aromatic carbocycles. The van der Waals surface area contributed by atoms with Gasteiger partial charge in [0.15, 0.2) is 0 Å². The van der Waals surface area contributed by atoms with Gasteiger partial charge in [-0.05, 0) is 52.7 Å². The summed E-state index contributed by atoms with van der Waals surface area (Å²) in [6.45, 7) is 1.99. The van der Waals surface area contributed by atoms with Crippen molar-refractivity contribution in [1.82, 2.24) is 4.98 Å². The molecule has 0 saturated heterocycles. The Balaban J connectivity index is 2.26. The van der Waals surface area contributed by atoms with E-state index >= 15 is 0 Å². The zero-order chi connectivity index (χ0) is 13.1. The first-order valence-electron chi connectivity index (χ1n) is 5.33. The number of benzene rings is 1. The summed E-state index contributed by atoms with van der Waals surface area (Å²) in [7, 11) is 1.59. The van der Waals surface area contributed by atoms with E-state index in [4.69, 9.17) is 16.3 Å². The first-order chi connectivity index (χ1) is 8.60. The van der Waals surface area contributed by atoms with Crippen LogP contribution in [0, 0.1) is 6.92 Å². The Labute approximate surface area is 119 Å². The van der Waals surface area contributed by atoms with Crippen LogP contribution in [0.1, 0.15) is 5.56 Å². The molecular formula is C13H12BrClN2O. The van der Waals surface area contributed by atoms with Crippen molar-refractivity contribution in [3.05, 3.63) is 45.5 Å². The van der Waals surface area contributed by atoms with Gasteiger partial charge in [0, 0.05) is 16.4 Å². The lowest BCUT2D eigenvalue weighted by molar-refractivity contribution is 0.415. The predicted octanol–water partition coefficient (Wildman–Crippen LogP) is 4.56. The molecule has 0 aliphatic carbocycles. The molecule has 0 atom stereocenters. The lowest BCUT2D eigenvalue weighted by Crippen LogP contribution is -1.96. The van der Waals surface area contributed by atoms with E-state index in [-0.39, 0.29) is 0 Å². The van der Waals surface area contributed by atoms with Crippen LogP contribution >= 0.6 is 27.5 Å². The molecule has 1 N–H and O–H groups in total. The number of aryl methyl sites for hydroxylation is 1. The maximum Gasteiger partial charge on any atom is 0.137 e. The Morgan fingerprint density at radius 3 is 2.72 bits per heavy atom. The van der Waals surface area contributed by atoms with E-state index in [1.807, 2.05) is 31.2 Å². The SMILES string of the molecule is COc1ccc(Nc2ncc(Br)cc2C)cc1Cl. The third-order valence-corrected chi connectivity index (χ3v) is 3.19. The Bertz CT molecular complexity index is 575. The number of aromatic nitrogens is 1. The summed E-state index contributed by atoms with van der Waals surface area (Å²) in [5.41, 5.74) is 1.93. The number of methoxy groups -OCH3 is 1. The minimum atomic E-state index is 0.567. The normalized spacial score (nSPS) is 10.2. The monoisotopic (exact) mass is 326 g/mol. The number of anilines is 2. The van der Waals surface area contributed by atoms with Gasteiger partial charge in [0.05, 0.1) is 12.1 Å². The maximum absolute atomic E-state index is 6.07. The van der Waals surface area contributed by atoms with Crippen LogP contribution in [-0.4, -0.2) is 12.1 Å². The molecule has 1 heterocycles. The molecule has 0 saturated carbocycles. The first kappa shape index (κ1) is 13.2. The van der Waals surface area contributed by atoms with Gasteiger partial charge in [-0.25, -0.2) is 4.98 Å². The molecule has 0 amide bonds. The van der Waals surface area contributed by atoms with Crippen molar-refractivity contribution in [2.24, 2.45) is 0 Å². The van der Waals surface area contributed by atoms with Crippen molar-refractivity contribution < 1.29 is 4.74 Å². The van der Waals surface area contributed by atoms with Gasteiger partial charge in [-0.3, -0.25) is 0 Å².